The Labute approximate surface area is 170 Å². The van der Waals surface area contributed by atoms with Gasteiger partial charge in [-0.1, -0.05) is 17.2 Å². The van der Waals surface area contributed by atoms with E-state index in [1.54, 1.807) is 11.3 Å². The van der Waals surface area contributed by atoms with Crippen molar-refractivity contribution in [3.8, 4) is 11.3 Å². The second-order valence-corrected chi connectivity index (χ2v) is 10.3. The zero-order valence-corrected chi connectivity index (χ0v) is 18.0. The molecule has 1 N–H and O–H groups in total. The molecule has 2 bridgehead atoms. The molecule has 0 atom stereocenters. The van der Waals surface area contributed by atoms with Crippen molar-refractivity contribution < 1.29 is 4.79 Å². The summed E-state index contributed by atoms with van der Waals surface area (Å²) in [5, 5.41) is 1.21. The van der Waals surface area contributed by atoms with Gasteiger partial charge in [0.05, 0.1) is 5.41 Å². The maximum atomic E-state index is 13.4. The van der Waals surface area contributed by atoms with Gasteiger partial charge in [0.25, 0.3) is 0 Å². The third-order valence-electron chi connectivity index (χ3n) is 6.68. The topological polar surface area (TPSA) is 36.1 Å². The monoisotopic (exact) mass is 392 g/mol. The van der Waals surface area contributed by atoms with Crippen molar-refractivity contribution in [1.29, 1.82) is 0 Å². The number of thiophene rings is 1. The molecule has 28 heavy (non-hydrogen) atoms. The van der Waals surface area contributed by atoms with Crippen LogP contribution < -0.4 is 0 Å². The first kappa shape index (κ1) is 18.0. The molecule has 5 rings (SSSR count). The lowest BCUT2D eigenvalue weighted by Gasteiger charge is -2.31. The summed E-state index contributed by atoms with van der Waals surface area (Å²) in [5.41, 5.74) is 4.48. The van der Waals surface area contributed by atoms with Crippen molar-refractivity contribution in [2.75, 3.05) is 0 Å². The molecule has 2 aliphatic rings. The van der Waals surface area contributed by atoms with Crippen LogP contribution in [0.15, 0.2) is 30.3 Å². The van der Waals surface area contributed by atoms with E-state index in [4.69, 9.17) is 0 Å². The van der Waals surface area contributed by atoms with E-state index in [9.17, 15) is 4.79 Å². The van der Waals surface area contributed by atoms with Gasteiger partial charge in [-0.05, 0) is 83.2 Å². The van der Waals surface area contributed by atoms with Crippen molar-refractivity contribution in [2.24, 2.45) is 0 Å². The molecule has 2 fully saturated rings. The predicted octanol–water partition coefficient (Wildman–Crippen LogP) is 5.94. The van der Waals surface area contributed by atoms with Gasteiger partial charge in [-0.2, -0.15) is 0 Å². The molecule has 4 heterocycles. The number of aryl methyl sites for hydroxylation is 2. The fourth-order valence-electron chi connectivity index (χ4n) is 5.19. The number of nitrogens with zero attached hydrogens (tertiary/aromatic N) is 1. The number of hydrogen-bond acceptors (Lipinski definition) is 2. The summed E-state index contributed by atoms with van der Waals surface area (Å²) in [7, 11) is 0. The Morgan fingerprint density at radius 3 is 2.18 bits per heavy atom. The van der Waals surface area contributed by atoms with Crippen LogP contribution in [0.4, 0.5) is 0 Å². The van der Waals surface area contributed by atoms with E-state index in [1.807, 2.05) is 0 Å². The first-order valence-electron chi connectivity index (χ1n) is 10.4. The van der Waals surface area contributed by atoms with Gasteiger partial charge in [0.15, 0.2) is 0 Å². The Morgan fingerprint density at radius 2 is 1.61 bits per heavy atom. The van der Waals surface area contributed by atoms with Crippen LogP contribution in [-0.2, 0) is 10.2 Å². The van der Waals surface area contributed by atoms with Crippen LogP contribution in [-0.4, -0.2) is 27.9 Å². The van der Waals surface area contributed by atoms with Gasteiger partial charge in [-0.15, -0.1) is 11.3 Å². The molecule has 2 aromatic heterocycles. The Bertz CT molecular complexity index is 1000. The summed E-state index contributed by atoms with van der Waals surface area (Å²) < 4.78 is 0. The van der Waals surface area contributed by atoms with E-state index in [-0.39, 0.29) is 0 Å². The van der Waals surface area contributed by atoms with Gasteiger partial charge < -0.3 is 9.88 Å². The van der Waals surface area contributed by atoms with E-state index in [2.05, 4.69) is 67.9 Å². The summed E-state index contributed by atoms with van der Waals surface area (Å²) >= 11 is 1.74. The van der Waals surface area contributed by atoms with Crippen LogP contribution in [0.5, 0.6) is 0 Å². The van der Waals surface area contributed by atoms with Gasteiger partial charge in [-0.25, -0.2) is 0 Å². The number of nitrogens with one attached hydrogen (secondary N) is 1. The third-order valence-corrected chi connectivity index (χ3v) is 8.07. The number of fused-ring (bicyclic) bond motifs is 3. The number of hydrogen-bond donors (Lipinski definition) is 1. The number of rotatable bonds is 3. The molecule has 1 aromatic carbocycles. The van der Waals surface area contributed by atoms with Crippen LogP contribution >= 0.6 is 11.3 Å². The molecule has 3 nitrogen and oxygen atoms in total. The molecular weight excluding hydrogens is 364 g/mol. The highest BCUT2D eigenvalue weighted by atomic mass is 32.1. The summed E-state index contributed by atoms with van der Waals surface area (Å²) in [6, 6.07) is 12.1. The Kier molecular flexibility index (Phi) is 3.99. The molecule has 2 aliphatic heterocycles. The molecule has 0 aliphatic carbocycles. The molecule has 4 heteroatoms. The van der Waals surface area contributed by atoms with Crippen LogP contribution in [0.25, 0.3) is 21.5 Å². The quantitative estimate of drug-likeness (QED) is 0.588. The number of carbonyl (C=O) groups is 1. The zero-order valence-electron chi connectivity index (χ0n) is 17.1. The number of H-pyrrole nitrogens is 1. The lowest BCUT2D eigenvalue weighted by molar-refractivity contribution is -0.137. The number of aromatic nitrogens is 1. The fraction of sp³-hybridized carbons (Fsp3) is 0.458. The number of aromatic amines is 1. The van der Waals surface area contributed by atoms with E-state index in [0.717, 1.165) is 15.4 Å². The second-order valence-electron chi connectivity index (χ2n) is 9.25. The van der Waals surface area contributed by atoms with E-state index < -0.39 is 5.41 Å². The zero-order chi connectivity index (χ0) is 19.6. The molecular formula is C24H28N2OS. The van der Waals surface area contributed by atoms with Gasteiger partial charge in [0.1, 0.15) is 4.83 Å². The molecule has 3 aromatic rings. The van der Waals surface area contributed by atoms with Crippen molar-refractivity contribution in [3.05, 3.63) is 46.3 Å². The van der Waals surface area contributed by atoms with Crippen molar-refractivity contribution >= 4 is 27.5 Å². The number of carbonyl (C=O) groups excluding carboxylic acids is 1. The van der Waals surface area contributed by atoms with Crippen LogP contribution in [0.3, 0.4) is 0 Å². The van der Waals surface area contributed by atoms with E-state index in [0.29, 0.717) is 18.0 Å². The van der Waals surface area contributed by atoms with Crippen molar-refractivity contribution in [2.45, 2.75) is 70.9 Å². The first-order valence-corrected chi connectivity index (χ1v) is 11.2. The standard InChI is InChI=1S/C24H28N2OS/c1-14-9-15(2)11-16(10-14)20-12-17-13-21(28-22(17)25-20)24(3,4)23(27)26-18-5-6-19(26)8-7-18/h9-13,18-19,25H,5-8H2,1-4H3. The summed E-state index contributed by atoms with van der Waals surface area (Å²) in [5.74, 6) is 0.316. The SMILES string of the molecule is Cc1cc(C)cc(-c2cc3cc(C(C)(C)C(=O)N4C5CCC4CC5)sc3[nH]2)c1. The number of benzene rings is 1. The molecule has 2 saturated heterocycles. The highest BCUT2D eigenvalue weighted by Crippen LogP contribution is 2.43. The lowest BCUT2D eigenvalue weighted by Crippen LogP contribution is -2.45. The lowest BCUT2D eigenvalue weighted by atomic mass is 9.89. The number of amides is 1. The second kappa shape index (κ2) is 6.21. The highest BCUT2D eigenvalue weighted by Gasteiger charge is 2.47. The van der Waals surface area contributed by atoms with E-state index in [1.165, 1.54) is 47.8 Å². The molecule has 146 valence electrons. The van der Waals surface area contributed by atoms with Crippen LogP contribution in [0.2, 0.25) is 0 Å². The van der Waals surface area contributed by atoms with Gasteiger partial charge in [0.2, 0.25) is 5.91 Å². The maximum absolute atomic E-state index is 13.4. The largest absolute Gasteiger partial charge is 0.346 e. The van der Waals surface area contributed by atoms with Crippen LogP contribution in [0, 0.1) is 13.8 Å². The maximum Gasteiger partial charge on any atom is 0.233 e. The van der Waals surface area contributed by atoms with E-state index >= 15 is 0 Å². The minimum atomic E-state index is -0.463. The smallest absolute Gasteiger partial charge is 0.233 e. The molecule has 0 spiro atoms. The van der Waals surface area contributed by atoms with Crippen LogP contribution in [0.1, 0.15) is 55.5 Å². The minimum absolute atomic E-state index is 0.316. The fourth-order valence-corrected chi connectivity index (χ4v) is 6.34. The van der Waals surface area contributed by atoms with Gasteiger partial charge in [-0.3, -0.25) is 4.79 Å². The molecule has 0 unspecified atom stereocenters. The normalized spacial score (nSPS) is 21.8. The van der Waals surface area contributed by atoms with Crippen molar-refractivity contribution in [1.82, 2.24) is 9.88 Å². The van der Waals surface area contributed by atoms with Gasteiger partial charge in [0, 0.05) is 28.0 Å². The average molecular weight is 393 g/mol. The van der Waals surface area contributed by atoms with Gasteiger partial charge >= 0.3 is 0 Å². The molecule has 0 saturated carbocycles. The third kappa shape index (κ3) is 2.73. The Balaban J connectivity index is 1.46. The molecule has 1 amide bonds. The Hall–Kier alpha value is -2.07. The predicted molar refractivity (Wildman–Crippen MR) is 117 cm³/mol. The Morgan fingerprint density at radius 1 is 1.00 bits per heavy atom. The summed E-state index contributed by atoms with van der Waals surface area (Å²) in [6.45, 7) is 8.48. The average Bonchev–Trinajstić information content (AvgIpc) is 3.39. The summed E-state index contributed by atoms with van der Waals surface area (Å²) in [4.78, 5) is 21.5. The molecule has 0 radical (unpaired) electrons. The highest BCUT2D eigenvalue weighted by molar-refractivity contribution is 7.19. The minimum Gasteiger partial charge on any atom is -0.346 e. The first-order chi connectivity index (χ1) is 13.3. The summed E-state index contributed by atoms with van der Waals surface area (Å²) in [6.07, 6.45) is 4.77. The van der Waals surface area contributed by atoms with Crippen molar-refractivity contribution in [3.63, 3.8) is 0 Å².